The minimum Gasteiger partial charge on any atom is -0.508 e. The van der Waals surface area contributed by atoms with Crippen LogP contribution in [-0.4, -0.2) is 88.2 Å². The van der Waals surface area contributed by atoms with Crippen LogP contribution in [0.25, 0.3) is 0 Å². The van der Waals surface area contributed by atoms with E-state index >= 15 is 0 Å². The van der Waals surface area contributed by atoms with Crippen LogP contribution >= 0.6 is 0 Å². The van der Waals surface area contributed by atoms with Crippen LogP contribution in [0.4, 0.5) is 0 Å². The van der Waals surface area contributed by atoms with Gasteiger partial charge in [-0.15, -0.1) is 0 Å². The second-order valence-corrected chi connectivity index (χ2v) is 8.64. The molecule has 0 aliphatic heterocycles. The van der Waals surface area contributed by atoms with Gasteiger partial charge in [-0.1, -0.05) is 12.1 Å². The van der Waals surface area contributed by atoms with Gasteiger partial charge in [-0.25, -0.2) is 4.79 Å². The number of carboxylic acid groups (broad SMARTS) is 1. The Morgan fingerprint density at radius 2 is 1.41 bits per heavy atom. The summed E-state index contributed by atoms with van der Waals surface area (Å²) in [6.07, 6.45) is -0.167. The Bertz CT molecular complexity index is 1030. The van der Waals surface area contributed by atoms with Gasteiger partial charge in [0.1, 0.15) is 23.9 Å². The molecule has 0 bridgehead atoms. The SMILES string of the molecule is NC(=O)CCC(N)C(=O)NC(CO)C(=O)NC(Cc1ccc(O)cc1)C(=O)NC(CCCN=C(N)N)C(=O)O. The molecule has 1 aromatic rings. The molecule has 1 rings (SSSR count). The monoisotopic (exact) mass is 552 g/mol. The van der Waals surface area contributed by atoms with Crippen molar-refractivity contribution in [1.29, 1.82) is 0 Å². The van der Waals surface area contributed by atoms with Crippen LogP contribution in [0.3, 0.4) is 0 Å². The molecule has 0 aliphatic carbocycles. The average Bonchev–Trinajstić information content (AvgIpc) is 2.87. The molecule has 0 aliphatic rings. The van der Waals surface area contributed by atoms with Crippen molar-refractivity contribution in [2.45, 2.75) is 56.3 Å². The standard InChI is InChI=1S/C23H36N8O8/c24-14(7-8-18(25)34)19(35)31-17(11-32)21(37)30-16(10-12-3-5-13(33)6-4-12)20(36)29-15(22(38)39)2-1-9-28-23(26)27/h3-6,14-17,32-33H,1-2,7-11,24H2,(H2,25,34)(H,29,36)(H,30,37)(H,31,35)(H,38,39)(H4,26,27,28). The number of rotatable bonds is 17. The number of carbonyl (C=O) groups is 5. The van der Waals surface area contributed by atoms with Crippen molar-refractivity contribution in [3.8, 4) is 5.75 Å². The van der Waals surface area contributed by atoms with E-state index in [2.05, 4.69) is 20.9 Å². The number of carboxylic acids is 1. The fraction of sp³-hybridized carbons (Fsp3) is 0.478. The van der Waals surface area contributed by atoms with Crippen molar-refractivity contribution in [2.24, 2.45) is 27.9 Å². The number of aliphatic imine (C=N–C) groups is 1. The number of nitrogens with two attached hydrogens (primary N) is 4. The zero-order valence-electron chi connectivity index (χ0n) is 21.2. The van der Waals surface area contributed by atoms with Gasteiger partial charge in [-0.05, 0) is 37.0 Å². The summed E-state index contributed by atoms with van der Waals surface area (Å²) in [4.78, 5) is 64.6. The Labute approximate surface area is 224 Å². The first kappa shape index (κ1) is 32.6. The van der Waals surface area contributed by atoms with Gasteiger partial charge in [-0.2, -0.15) is 0 Å². The van der Waals surface area contributed by atoms with Crippen molar-refractivity contribution >= 4 is 35.6 Å². The summed E-state index contributed by atoms with van der Waals surface area (Å²) in [5.74, 6) is -4.84. The Morgan fingerprint density at radius 3 is 1.95 bits per heavy atom. The molecule has 216 valence electrons. The van der Waals surface area contributed by atoms with Gasteiger partial charge < -0.3 is 54.2 Å². The summed E-state index contributed by atoms with van der Waals surface area (Å²) in [5, 5.41) is 35.7. The van der Waals surface area contributed by atoms with E-state index in [4.69, 9.17) is 22.9 Å². The van der Waals surface area contributed by atoms with Gasteiger partial charge in [-0.3, -0.25) is 24.2 Å². The van der Waals surface area contributed by atoms with Gasteiger partial charge in [0.05, 0.1) is 12.6 Å². The lowest BCUT2D eigenvalue weighted by Gasteiger charge is -2.24. The second-order valence-electron chi connectivity index (χ2n) is 8.64. The van der Waals surface area contributed by atoms with Gasteiger partial charge in [0.2, 0.25) is 23.6 Å². The fourth-order valence-corrected chi connectivity index (χ4v) is 3.28. The topological polar surface area (TPSA) is 299 Å². The third kappa shape index (κ3) is 12.6. The number of carbonyl (C=O) groups excluding carboxylic acids is 4. The van der Waals surface area contributed by atoms with Crippen molar-refractivity contribution in [2.75, 3.05) is 13.2 Å². The number of aromatic hydroxyl groups is 1. The molecule has 14 N–H and O–H groups in total. The highest BCUT2D eigenvalue weighted by atomic mass is 16.4. The Balaban J connectivity index is 3.01. The molecule has 0 heterocycles. The molecule has 4 unspecified atom stereocenters. The highest BCUT2D eigenvalue weighted by Gasteiger charge is 2.30. The molecular formula is C23H36N8O8. The molecule has 0 aromatic heterocycles. The minimum atomic E-state index is -1.51. The maximum absolute atomic E-state index is 13.1. The van der Waals surface area contributed by atoms with Crippen molar-refractivity contribution in [3.63, 3.8) is 0 Å². The lowest BCUT2D eigenvalue weighted by molar-refractivity contribution is -0.142. The highest BCUT2D eigenvalue weighted by Crippen LogP contribution is 2.12. The highest BCUT2D eigenvalue weighted by molar-refractivity contribution is 5.94. The number of aliphatic carboxylic acids is 1. The molecule has 16 heteroatoms. The van der Waals surface area contributed by atoms with Crippen LogP contribution in [0.1, 0.15) is 31.2 Å². The minimum absolute atomic E-state index is 0.0176. The molecule has 1 aromatic carbocycles. The number of nitrogens with one attached hydrogen (secondary N) is 3. The van der Waals surface area contributed by atoms with Crippen LogP contribution in [0.2, 0.25) is 0 Å². The smallest absolute Gasteiger partial charge is 0.326 e. The summed E-state index contributed by atoms with van der Waals surface area (Å²) in [7, 11) is 0. The number of guanidine groups is 1. The predicted molar refractivity (Wildman–Crippen MR) is 139 cm³/mol. The van der Waals surface area contributed by atoms with Gasteiger partial charge in [0, 0.05) is 19.4 Å². The maximum atomic E-state index is 13.1. The Morgan fingerprint density at radius 1 is 0.846 bits per heavy atom. The lowest BCUT2D eigenvalue weighted by Crippen LogP contribution is -2.58. The molecule has 4 atom stereocenters. The first-order valence-electron chi connectivity index (χ1n) is 12.0. The van der Waals surface area contributed by atoms with E-state index in [-0.39, 0.29) is 50.4 Å². The summed E-state index contributed by atoms with van der Waals surface area (Å²) < 4.78 is 0. The Kier molecular flexibility index (Phi) is 13.7. The number of amides is 4. The zero-order chi connectivity index (χ0) is 29.5. The molecule has 16 nitrogen and oxygen atoms in total. The van der Waals surface area contributed by atoms with E-state index in [9.17, 15) is 39.3 Å². The fourth-order valence-electron chi connectivity index (χ4n) is 3.28. The molecule has 0 saturated carbocycles. The zero-order valence-corrected chi connectivity index (χ0v) is 21.2. The van der Waals surface area contributed by atoms with Gasteiger partial charge >= 0.3 is 5.97 Å². The number of aliphatic hydroxyl groups is 1. The number of primary amides is 1. The average molecular weight is 553 g/mol. The summed E-state index contributed by atoms with van der Waals surface area (Å²) in [6.45, 7) is -0.717. The number of hydrogen-bond donors (Lipinski definition) is 10. The number of phenols is 1. The first-order valence-corrected chi connectivity index (χ1v) is 12.0. The number of aliphatic hydroxyl groups excluding tert-OH is 1. The van der Waals surface area contributed by atoms with Crippen molar-refractivity contribution < 1.29 is 39.3 Å². The lowest BCUT2D eigenvalue weighted by atomic mass is 10.0. The van der Waals surface area contributed by atoms with E-state index in [0.717, 1.165) is 0 Å². The van der Waals surface area contributed by atoms with Crippen LogP contribution in [0, 0.1) is 0 Å². The van der Waals surface area contributed by atoms with Gasteiger partial charge in [0.15, 0.2) is 5.96 Å². The molecule has 0 spiro atoms. The van der Waals surface area contributed by atoms with Gasteiger partial charge in [0.25, 0.3) is 0 Å². The summed E-state index contributed by atoms with van der Waals surface area (Å²) in [5.41, 5.74) is 21.7. The predicted octanol–water partition coefficient (Wildman–Crippen LogP) is -3.89. The third-order valence-corrected chi connectivity index (χ3v) is 5.42. The number of benzene rings is 1. The number of nitrogens with zero attached hydrogens (tertiary/aromatic N) is 1. The summed E-state index contributed by atoms with van der Waals surface area (Å²) >= 11 is 0. The second kappa shape index (κ2) is 16.4. The Hall–Kier alpha value is -4.44. The molecule has 0 saturated heterocycles. The molecule has 0 fully saturated rings. The van der Waals surface area contributed by atoms with E-state index in [1.165, 1.54) is 24.3 Å². The first-order chi connectivity index (χ1) is 18.3. The summed E-state index contributed by atoms with van der Waals surface area (Å²) in [6, 6.07) is 0.343. The van der Waals surface area contributed by atoms with Crippen molar-refractivity contribution in [3.05, 3.63) is 29.8 Å². The number of phenolic OH excluding ortho intramolecular Hbond substituents is 1. The van der Waals surface area contributed by atoms with E-state index in [1.807, 2.05) is 0 Å². The quantitative estimate of drug-likeness (QED) is 0.0506. The van der Waals surface area contributed by atoms with Crippen LogP contribution in [-0.2, 0) is 30.4 Å². The van der Waals surface area contributed by atoms with Crippen LogP contribution in [0.15, 0.2) is 29.3 Å². The number of hydrogen-bond acceptors (Lipinski definition) is 9. The maximum Gasteiger partial charge on any atom is 0.326 e. The van der Waals surface area contributed by atoms with Crippen LogP contribution < -0.4 is 38.9 Å². The third-order valence-electron chi connectivity index (χ3n) is 5.42. The largest absolute Gasteiger partial charge is 0.508 e. The van der Waals surface area contributed by atoms with E-state index in [0.29, 0.717) is 5.56 Å². The van der Waals surface area contributed by atoms with E-state index in [1.54, 1.807) is 0 Å². The molecule has 4 amide bonds. The normalized spacial score (nSPS) is 13.7. The molecule has 0 radical (unpaired) electrons. The molecular weight excluding hydrogens is 516 g/mol. The van der Waals surface area contributed by atoms with Crippen molar-refractivity contribution in [1.82, 2.24) is 16.0 Å². The van der Waals surface area contributed by atoms with Crippen LogP contribution in [0.5, 0.6) is 5.75 Å². The molecule has 39 heavy (non-hydrogen) atoms. The van der Waals surface area contributed by atoms with E-state index < -0.39 is 60.4 Å².